The molecule has 104 valence electrons. The summed E-state index contributed by atoms with van der Waals surface area (Å²) >= 11 is 0. The van der Waals surface area contributed by atoms with E-state index in [4.69, 9.17) is 15.2 Å². The van der Waals surface area contributed by atoms with Crippen molar-refractivity contribution >= 4 is 5.91 Å². The van der Waals surface area contributed by atoms with Gasteiger partial charge in [0.05, 0.1) is 0 Å². The molecule has 0 bridgehead atoms. The highest BCUT2D eigenvalue weighted by atomic mass is 16.7. The first-order valence-corrected chi connectivity index (χ1v) is 6.52. The molecule has 1 heterocycles. The molecule has 5 nitrogen and oxygen atoms in total. The Morgan fingerprint density at radius 1 is 1.42 bits per heavy atom. The van der Waals surface area contributed by atoms with Crippen LogP contribution in [0.1, 0.15) is 25.3 Å². The maximum Gasteiger partial charge on any atom is 0.231 e. The average molecular weight is 264 g/mol. The fraction of sp³-hybridized carbons (Fsp3) is 0.500. The summed E-state index contributed by atoms with van der Waals surface area (Å²) in [5.41, 5.74) is 6.29. The van der Waals surface area contributed by atoms with Crippen LogP contribution in [0.3, 0.4) is 0 Å². The molecule has 0 saturated heterocycles. The highest BCUT2D eigenvalue weighted by Crippen LogP contribution is 2.32. The fourth-order valence-corrected chi connectivity index (χ4v) is 2.00. The van der Waals surface area contributed by atoms with Crippen molar-refractivity contribution in [3.63, 3.8) is 0 Å². The SMILES string of the molecule is CC(CCC(N)=O)CNCc1ccc2c(c1)OCO2. The lowest BCUT2D eigenvalue weighted by molar-refractivity contribution is -0.118. The number of fused-ring (bicyclic) bond motifs is 1. The van der Waals surface area contributed by atoms with Crippen LogP contribution in [0.5, 0.6) is 11.5 Å². The maximum atomic E-state index is 10.7. The molecule has 3 N–H and O–H groups in total. The smallest absolute Gasteiger partial charge is 0.231 e. The molecule has 19 heavy (non-hydrogen) atoms. The van der Waals surface area contributed by atoms with E-state index in [0.29, 0.717) is 19.1 Å². The third kappa shape index (κ3) is 4.13. The number of carbonyl (C=O) groups excluding carboxylic acids is 1. The normalized spacial score (nSPS) is 14.4. The Morgan fingerprint density at radius 3 is 3.00 bits per heavy atom. The quantitative estimate of drug-likeness (QED) is 0.781. The van der Waals surface area contributed by atoms with E-state index in [-0.39, 0.29) is 5.91 Å². The topological polar surface area (TPSA) is 73.6 Å². The van der Waals surface area contributed by atoms with Gasteiger partial charge in [-0.2, -0.15) is 0 Å². The van der Waals surface area contributed by atoms with Crippen molar-refractivity contribution in [2.24, 2.45) is 11.7 Å². The van der Waals surface area contributed by atoms with Crippen molar-refractivity contribution in [1.29, 1.82) is 0 Å². The number of rotatable bonds is 7. The number of hydrogen-bond acceptors (Lipinski definition) is 4. The van der Waals surface area contributed by atoms with Crippen molar-refractivity contribution in [2.75, 3.05) is 13.3 Å². The molecule has 1 aromatic carbocycles. The van der Waals surface area contributed by atoms with Crippen LogP contribution in [0.15, 0.2) is 18.2 Å². The summed E-state index contributed by atoms with van der Waals surface area (Å²) in [5.74, 6) is 1.81. The lowest BCUT2D eigenvalue weighted by Crippen LogP contribution is -2.22. The van der Waals surface area contributed by atoms with Gasteiger partial charge in [0.2, 0.25) is 12.7 Å². The van der Waals surface area contributed by atoms with Crippen LogP contribution in [0, 0.1) is 5.92 Å². The van der Waals surface area contributed by atoms with Crippen LogP contribution in [0.25, 0.3) is 0 Å². The van der Waals surface area contributed by atoms with E-state index in [1.807, 2.05) is 18.2 Å². The number of hydrogen-bond donors (Lipinski definition) is 2. The molecule has 1 unspecified atom stereocenters. The second-order valence-corrected chi connectivity index (χ2v) is 4.93. The lowest BCUT2D eigenvalue weighted by atomic mass is 10.1. The molecule has 1 aromatic rings. The number of benzene rings is 1. The van der Waals surface area contributed by atoms with Crippen LogP contribution in [0.2, 0.25) is 0 Å². The molecule has 1 amide bonds. The number of nitrogens with one attached hydrogen (secondary N) is 1. The standard InChI is InChI=1S/C14H20N2O3/c1-10(2-5-14(15)17)7-16-8-11-3-4-12-13(6-11)19-9-18-12/h3-4,6,10,16H,2,5,7-9H2,1H3,(H2,15,17). The minimum Gasteiger partial charge on any atom is -0.454 e. The molecule has 0 saturated carbocycles. The Labute approximate surface area is 113 Å². The molecule has 0 fully saturated rings. The van der Waals surface area contributed by atoms with Gasteiger partial charge < -0.3 is 20.5 Å². The van der Waals surface area contributed by atoms with Crippen LogP contribution in [-0.4, -0.2) is 19.2 Å². The summed E-state index contributed by atoms with van der Waals surface area (Å²) in [5, 5.41) is 3.37. The fourth-order valence-electron chi connectivity index (χ4n) is 2.00. The molecule has 5 heteroatoms. The Bertz CT molecular complexity index is 448. The summed E-state index contributed by atoms with van der Waals surface area (Å²) < 4.78 is 10.6. The molecule has 0 spiro atoms. The summed E-state index contributed by atoms with van der Waals surface area (Å²) in [6, 6.07) is 5.94. The van der Waals surface area contributed by atoms with E-state index in [1.54, 1.807) is 0 Å². The maximum absolute atomic E-state index is 10.7. The van der Waals surface area contributed by atoms with Crippen LogP contribution < -0.4 is 20.5 Å². The summed E-state index contributed by atoms with van der Waals surface area (Å²) in [6.07, 6.45) is 1.27. The highest BCUT2D eigenvalue weighted by molar-refractivity contribution is 5.73. The number of amides is 1. The molecular weight excluding hydrogens is 244 g/mol. The van der Waals surface area contributed by atoms with Crippen LogP contribution >= 0.6 is 0 Å². The monoisotopic (exact) mass is 264 g/mol. The molecule has 1 aliphatic rings. The van der Waals surface area contributed by atoms with Gasteiger partial charge in [-0.05, 0) is 36.6 Å². The van der Waals surface area contributed by atoms with E-state index in [9.17, 15) is 4.79 Å². The molecule has 0 radical (unpaired) electrons. The number of carbonyl (C=O) groups is 1. The predicted octanol–water partition coefficient (Wildman–Crippen LogP) is 1.41. The average Bonchev–Trinajstić information content (AvgIpc) is 2.83. The van der Waals surface area contributed by atoms with Crippen molar-refractivity contribution in [2.45, 2.75) is 26.3 Å². The molecule has 1 aliphatic heterocycles. The number of nitrogens with two attached hydrogens (primary N) is 1. The van der Waals surface area contributed by atoms with Crippen molar-refractivity contribution in [3.05, 3.63) is 23.8 Å². The zero-order valence-electron chi connectivity index (χ0n) is 11.1. The first kappa shape index (κ1) is 13.7. The first-order valence-electron chi connectivity index (χ1n) is 6.52. The molecule has 1 atom stereocenters. The van der Waals surface area contributed by atoms with Gasteiger partial charge in [-0.3, -0.25) is 4.79 Å². The van der Waals surface area contributed by atoms with E-state index >= 15 is 0 Å². The van der Waals surface area contributed by atoms with Gasteiger partial charge >= 0.3 is 0 Å². The highest BCUT2D eigenvalue weighted by Gasteiger charge is 2.13. The molecular formula is C14H20N2O3. The van der Waals surface area contributed by atoms with Gasteiger partial charge in [-0.1, -0.05) is 13.0 Å². The van der Waals surface area contributed by atoms with Crippen LogP contribution in [0.4, 0.5) is 0 Å². The Kier molecular flexibility index (Phi) is 4.63. The van der Waals surface area contributed by atoms with Crippen molar-refractivity contribution in [1.82, 2.24) is 5.32 Å². The Morgan fingerprint density at radius 2 is 2.21 bits per heavy atom. The van der Waals surface area contributed by atoms with E-state index in [1.165, 1.54) is 0 Å². The van der Waals surface area contributed by atoms with E-state index in [0.717, 1.165) is 36.6 Å². The summed E-state index contributed by atoms with van der Waals surface area (Å²) in [7, 11) is 0. The summed E-state index contributed by atoms with van der Waals surface area (Å²) in [6.45, 7) is 4.05. The lowest BCUT2D eigenvalue weighted by Gasteiger charge is -2.11. The van der Waals surface area contributed by atoms with Crippen molar-refractivity contribution in [3.8, 4) is 11.5 Å². The van der Waals surface area contributed by atoms with Gasteiger partial charge in [-0.25, -0.2) is 0 Å². The van der Waals surface area contributed by atoms with Gasteiger partial charge in [-0.15, -0.1) is 0 Å². The molecule has 0 aliphatic carbocycles. The predicted molar refractivity (Wildman–Crippen MR) is 71.9 cm³/mol. The number of ether oxygens (including phenoxy) is 2. The molecule has 0 aromatic heterocycles. The first-order chi connectivity index (χ1) is 9.15. The molecule has 2 rings (SSSR count). The van der Waals surface area contributed by atoms with E-state index in [2.05, 4.69) is 12.2 Å². The largest absolute Gasteiger partial charge is 0.454 e. The second kappa shape index (κ2) is 6.43. The van der Waals surface area contributed by atoms with Crippen LogP contribution in [-0.2, 0) is 11.3 Å². The van der Waals surface area contributed by atoms with E-state index < -0.39 is 0 Å². The third-order valence-corrected chi connectivity index (χ3v) is 3.14. The van der Waals surface area contributed by atoms with Gasteiger partial charge in [0.1, 0.15) is 0 Å². The van der Waals surface area contributed by atoms with Crippen molar-refractivity contribution < 1.29 is 14.3 Å². The Hall–Kier alpha value is -1.75. The summed E-state index contributed by atoms with van der Waals surface area (Å²) in [4.78, 5) is 10.7. The zero-order valence-corrected chi connectivity index (χ0v) is 11.1. The van der Waals surface area contributed by atoms with Gasteiger partial charge in [0, 0.05) is 13.0 Å². The zero-order chi connectivity index (χ0) is 13.7. The second-order valence-electron chi connectivity index (χ2n) is 4.93. The minimum atomic E-state index is -0.234. The Balaban J connectivity index is 1.72. The number of primary amides is 1. The van der Waals surface area contributed by atoms with Gasteiger partial charge in [0.25, 0.3) is 0 Å². The minimum absolute atomic E-state index is 0.234. The third-order valence-electron chi connectivity index (χ3n) is 3.14. The van der Waals surface area contributed by atoms with Gasteiger partial charge in [0.15, 0.2) is 11.5 Å².